The van der Waals surface area contributed by atoms with E-state index in [2.05, 4.69) is 5.32 Å². The van der Waals surface area contributed by atoms with Crippen molar-refractivity contribution >= 4 is 11.6 Å². The molecule has 3 aromatic rings. The highest BCUT2D eigenvalue weighted by Gasteiger charge is 2.08. The van der Waals surface area contributed by atoms with Crippen molar-refractivity contribution in [3.05, 3.63) is 84.4 Å². The number of amides is 1. The number of benzene rings is 3. The van der Waals surface area contributed by atoms with Crippen molar-refractivity contribution in [2.75, 3.05) is 18.5 Å². The Hall–Kier alpha value is -3.47. The Labute approximate surface area is 164 Å². The second kappa shape index (κ2) is 10.0. The quantitative estimate of drug-likeness (QED) is 0.588. The van der Waals surface area contributed by atoms with E-state index in [0.29, 0.717) is 30.4 Å². The first kappa shape index (κ1) is 19.3. The average Bonchev–Trinajstić information content (AvgIpc) is 2.74. The molecule has 0 spiro atoms. The van der Waals surface area contributed by atoms with Gasteiger partial charge in [-0.3, -0.25) is 4.79 Å². The number of hydrogen-bond acceptors (Lipinski definition) is 4. The normalized spacial score (nSPS) is 10.2. The summed E-state index contributed by atoms with van der Waals surface area (Å²) >= 11 is 0. The average molecular weight is 377 g/mol. The van der Waals surface area contributed by atoms with Crippen LogP contribution in [0.15, 0.2) is 78.9 Å². The largest absolute Gasteiger partial charge is 0.490 e. The van der Waals surface area contributed by atoms with Gasteiger partial charge in [0.05, 0.1) is 6.61 Å². The second-order valence-electron chi connectivity index (χ2n) is 6.02. The molecule has 0 bridgehead atoms. The van der Waals surface area contributed by atoms with Gasteiger partial charge in [-0.1, -0.05) is 42.5 Å². The summed E-state index contributed by atoms with van der Waals surface area (Å²) in [5.74, 6) is 1.66. The van der Waals surface area contributed by atoms with E-state index in [1.807, 2.05) is 67.6 Å². The molecule has 0 unspecified atom stereocenters. The number of para-hydroxylation sites is 2. The SMILES string of the molecule is CCOc1ccccc1OCC(=O)Nc1ccc(OCc2ccccc2)cc1. The predicted molar refractivity (Wildman–Crippen MR) is 109 cm³/mol. The zero-order chi connectivity index (χ0) is 19.6. The van der Waals surface area contributed by atoms with Gasteiger partial charge >= 0.3 is 0 Å². The summed E-state index contributed by atoms with van der Waals surface area (Å²) in [5.41, 5.74) is 1.78. The molecular weight excluding hydrogens is 354 g/mol. The van der Waals surface area contributed by atoms with Crippen molar-refractivity contribution in [2.45, 2.75) is 13.5 Å². The van der Waals surface area contributed by atoms with Gasteiger partial charge in [0, 0.05) is 5.69 Å². The van der Waals surface area contributed by atoms with Crippen LogP contribution in [0.2, 0.25) is 0 Å². The maximum atomic E-state index is 12.1. The number of carbonyl (C=O) groups excluding carboxylic acids is 1. The van der Waals surface area contributed by atoms with Gasteiger partial charge in [-0.15, -0.1) is 0 Å². The maximum absolute atomic E-state index is 12.1. The third-order valence-electron chi connectivity index (χ3n) is 3.89. The molecule has 5 heteroatoms. The monoisotopic (exact) mass is 377 g/mol. The van der Waals surface area contributed by atoms with Crippen LogP contribution in [0.3, 0.4) is 0 Å². The molecule has 0 radical (unpaired) electrons. The van der Waals surface area contributed by atoms with Gasteiger partial charge in [-0.25, -0.2) is 0 Å². The molecule has 0 aliphatic heterocycles. The lowest BCUT2D eigenvalue weighted by Crippen LogP contribution is -2.20. The summed E-state index contributed by atoms with van der Waals surface area (Å²) < 4.78 is 16.8. The van der Waals surface area contributed by atoms with Crippen LogP contribution in [0.5, 0.6) is 17.2 Å². The zero-order valence-corrected chi connectivity index (χ0v) is 15.8. The van der Waals surface area contributed by atoms with Crippen LogP contribution in [0.25, 0.3) is 0 Å². The molecule has 0 fully saturated rings. The van der Waals surface area contributed by atoms with Gasteiger partial charge in [0.1, 0.15) is 12.4 Å². The topological polar surface area (TPSA) is 56.8 Å². The van der Waals surface area contributed by atoms with Crippen LogP contribution in [-0.2, 0) is 11.4 Å². The van der Waals surface area contributed by atoms with E-state index in [0.717, 1.165) is 11.3 Å². The van der Waals surface area contributed by atoms with Crippen LogP contribution in [0.4, 0.5) is 5.69 Å². The number of hydrogen-bond donors (Lipinski definition) is 1. The molecule has 0 saturated heterocycles. The summed E-state index contributed by atoms with van der Waals surface area (Å²) in [6, 6.07) is 24.5. The number of ether oxygens (including phenoxy) is 3. The van der Waals surface area contributed by atoms with Crippen LogP contribution in [-0.4, -0.2) is 19.1 Å². The third kappa shape index (κ3) is 5.77. The molecule has 144 valence electrons. The Morgan fingerprint density at radius 2 is 1.43 bits per heavy atom. The van der Waals surface area contributed by atoms with E-state index in [4.69, 9.17) is 14.2 Å². The van der Waals surface area contributed by atoms with Crippen molar-refractivity contribution in [2.24, 2.45) is 0 Å². The van der Waals surface area contributed by atoms with Crippen molar-refractivity contribution in [3.8, 4) is 17.2 Å². The Kier molecular flexibility index (Phi) is 6.90. The minimum absolute atomic E-state index is 0.101. The predicted octanol–water partition coefficient (Wildman–Crippen LogP) is 4.68. The van der Waals surface area contributed by atoms with E-state index >= 15 is 0 Å². The van der Waals surface area contributed by atoms with Crippen molar-refractivity contribution in [1.29, 1.82) is 0 Å². The van der Waals surface area contributed by atoms with Crippen LogP contribution in [0.1, 0.15) is 12.5 Å². The van der Waals surface area contributed by atoms with Gasteiger partial charge in [-0.05, 0) is 48.9 Å². The molecular formula is C23H23NO4. The van der Waals surface area contributed by atoms with Crippen molar-refractivity contribution in [3.63, 3.8) is 0 Å². The number of nitrogens with one attached hydrogen (secondary N) is 1. The van der Waals surface area contributed by atoms with E-state index in [9.17, 15) is 4.79 Å². The number of anilines is 1. The van der Waals surface area contributed by atoms with Crippen molar-refractivity contribution < 1.29 is 19.0 Å². The van der Waals surface area contributed by atoms with Gasteiger partial charge in [-0.2, -0.15) is 0 Å². The molecule has 28 heavy (non-hydrogen) atoms. The van der Waals surface area contributed by atoms with E-state index in [-0.39, 0.29) is 12.5 Å². The van der Waals surface area contributed by atoms with Crippen molar-refractivity contribution in [1.82, 2.24) is 0 Å². The van der Waals surface area contributed by atoms with E-state index in [1.54, 1.807) is 18.2 Å². The molecule has 0 aliphatic carbocycles. The highest BCUT2D eigenvalue weighted by atomic mass is 16.5. The van der Waals surface area contributed by atoms with Gasteiger partial charge < -0.3 is 19.5 Å². The summed E-state index contributed by atoms with van der Waals surface area (Å²) in [4.78, 5) is 12.1. The smallest absolute Gasteiger partial charge is 0.262 e. The van der Waals surface area contributed by atoms with E-state index in [1.165, 1.54) is 0 Å². The van der Waals surface area contributed by atoms with E-state index < -0.39 is 0 Å². The van der Waals surface area contributed by atoms with Crippen LogP contribution >= 0.6 is 0 Å². The molecule has 3 aromatic carbocycles. The highest BCUT2D eigenvalue weighted by Crippen LogP contribution is 2.26. The Morgan fingerprint density at radius 1 is 0.786 bits per heavy atom. The fraction of sp³-hybridized carbons (Fsp3) is 0.174. The molecule has 0 aromatic heterocycles. The fourth-order valence-electron chi connectivity index (χ4n) is 2.56. The van der Waals surface area contributed by atoms with Gasteiger partial charge in [0.2, 0.25) is 0 Å². The minimum Gasteiger partial charge on any atom is -0.490 e. The Balaban J connectivity index is 1.48. The minimum atomic E-state index is -0.246. The maximum Gasteiger partial charge on any atom is 0.262 e. The summed E-state index contributed by atoms with van der Waals surface area (Å²) in [6.45, 7) is 2.83. The molecule has 3 rings (SSSR count). The van der Waals surface area contributed by atoms with Crippen LogP contribution < -0.4 is 19.5 Å². The lowest BCUT2D eigenvalue weighted by Gasteiger charge is -2.12. The van der Waals surface area contributed by atoms with Gasteiger partial charge in [0.25, 0.3) is 5.91 Å². The molecule has 5 nitrogen and oxygen atoms in total. The molecule has 0 saturated carbocycles. The summed E-state index contributed by atoms with van der Waals surface area (Å²) in [7, 11) is 0. The third-order valence-corrected chi connectivity index (χ3v) is 3.89. The molecule has 1 amide bonds. The first-order chi connectivity index (χ1) is 13.7. The van der Waals surface area contributed by atoms with Gasteiger partial charge in [0.15, 0.2) is 18.1 Å². The summed E-state index contributed by atoms with van der Waals surface area (Å²) in [6.07, 6.45) is 0. The lowest BCUT2D eigenvalue weighted by atomic mass is 10.2. The Bertz CT molecular complexity index is 879. The first-order valence-corrected chi connectivity index (χ1v) is 9.16. The molecule has 0 aliphatic rings. The zero-order valence-electron chi connectivity index (χ0n) is 15.8. The highest BCUT2D eigenvalue weighted by molar-refractivity contribution is 5.91. The molecule has 0 heterocycles. The lowest BCUT2D eigenvalue weighted by molar-refractivity contribution is -0.118. The molecule has 0 atom stereocenters. The second-order valence-corrected chi connectivity index (χ2v) is 6.02. The van der Waals surface area contributed by atoms with Crippen LogP contribution in [0, 0.1) is 0 Å². The fourth-order valence-corrected chi connectivity index (χ4v) is 2.56. The number of rotatable bonds is 9. The Morgan fingerprint density at radius 3 is 2.11 bits per heavy atom. The summed E-state index contributed by atoms with van der Waals surface area (Å²) in [5, 5.41) is 2.80. The first-order valence-electron chi connectivity index (χ1n) is 9.16. The molecule has 1 N–H and O–H groups in total. The standard InChI is InChI=1S/C23H23NO4/c1-2-26-21-10-6-7-11-22(21)28-17-23(25)24-19-12-14-20(15-13-19)27-16-18-8-4-3-5-9-18/h3-15H,2,16-17H2,1H3,(H,24,25). The number of carbonyl (C=O) groups is 1.